The molecule has 0 aliphatic carbocycles. The number of methoxy groups -OCH3 is 1. The largest absolute Gasteiger partial charge is 0.497 e. The van der Waals surface area contributed by atoms with Crippen LogP contribution in [-0.4, -0.2) is 12.1 Å². The number of halogens is 1. The van der Waals surface area contributed by atoms with Crippen molar-refractivity contribution in [2.75, 3.05) is 12.4 Å². The van der Waals surface area contributed by atoms with Crippen molar-refractivity contribution in [3.05, 3.63) is 58.6 Å². The van der Waals surface area contributed by atoms with E-state index in [0.29, 0.717) is 4.99 Å². The fraction of sp³-hybridized carbons (Fsp3) is 0.0714. The molecule has 1 N–H and O–H groups in total. The molecule has 0 fully saturated rings. The Bertz CT molecular complexity index is 554. The van der Waals surface area contributed by atoms with Crippen LogP contribution in [0.3, 0.4) is 0 Å². The highest BCUT2D eigenvalue weighted by Crippen LogP contribution is 2.22. The van der Waals surface area contributed by atoms with Gasteiger partial charge in [0.2, 0.25) is 0 Å². The molecule has 2 rings (SSSR count). The Morgan fingerprint density at radius 1 is 1.11 bits per heavy atom. The van der Waals surface area contributed by atoms with Gasteiger partial charge in [0.1, 0.15) is 10.7 Å². The summed E-state index contributed by atoms with van der Waals surface area (Å²) in [6.45, 7) is 0. The van der Waals surface area contributed by atoms with Crippen molar-refractivity contribution >= 4 is 38.8 Å². The molecule has 0 saturated heterocycles. The van der Waals surface area contributed by atoms with E-state index in [1.165, 1.54) is 0 Å². The van der Waals surface area contributed by atoms with E-state index in [1.54, 1.807) is 7.11 Å². The van der Waals surface area contributed by atoms with Gasteiger partial charge in [-0.15, -0.1) is 0 Å². The Hall–Kier alpha value is -1.39. The first-order chi connectivity index (χ1) is 8.70. The van der Waals surface area contributed by atoms with Gasteiger partial charge < -0.3 is 10.1 Å². The van der Waals surface area contributed by atoms with E-state index in [-0.39, 0.29) is 0 Å². The molecule has 0 atom stereocenters. The molecular formula is C14H12BrNOS. The van der Waals surface area contributed by atoms with Gasteiger partial charge in [-0.05, 0) is 52.3 Å². The monoisotopic (exact) mass is 321 g/mol. The number of thiocarbonyl (C=S) groups is 1. The Kier molecular flexibility index (Phi) is 4.33. The number of benzene rings is 2. The third kappa shape index (κ3) is 3.09. The van der Waals surface area contributed by atoms with E-state index in [1.807, 2.05) is 48.5 Å². The third-order valence-electron chi connectivity index (χ3n) is 2.47. The quantitative estimate of drug-likeness (QED) is 0.854. The maximum absolute atomic E-state index is 5.37. The van der Waals surface area contributed by atoms with Gasteiger partial charge in [0.25, 0.3) is 0 Å². The number of hydrogen-bond donors (Lipinski definition) is 1. The number of nitrogens with one attached hydrogen (secondary N) is 1. The minimum absolute atomic E-state index is 0.685. The van der Waals surface area contributed by atoms with Crippen LogP contribution in [0.5, 0.6) is 5.75 Å². The zero-order valence-corrected chi connectivity index (χ0v) is 12.2. The molecular weight excluding hydrogens is 310 g/mol. The van der Waals surface area contributed by atoms with Crippen LogP contribution in [0.25, 0.3) is 0 Å². The molecule has 0 radical (unpaired) electrons. The second kappa shape index (κ2) is 5.98. The van der Waals surface area contributed by atoms with Gasteiger partial charge >= 0.3 is 0 Å². The highest BCUT2D eigenvalue weighted by atomic mass is 79.9. The van der Waals surface area contributed by atoms with Crippen molar-refractivity contribution < 1.29 is 4.74 Å². The predicted molar refractivity (Wildman–Crippen MR) is 82.5 cm³/mol. The van der Waals surface area contributed by atoms with Crippen LogP contribution < -0.4 is 10.1 Å². The van der Waals surface area contributed by atoms with Gasteiger partial charge in [0, 0.05) is 10.0 Å². The van der Waals surface area contributed by atoms with E-state index in [2.05, 4.69) is 21.2 Å². The maximum atomic E-state index is 5.37. The third-order valence-corrected chi connectivity index (χ3v) is 3.50. The lowest BCUT2D eigenvalue weighted by Gasteiger charge is -2.10. The molecule has 0 aromatic heterocycles. The maximum Gasteiger partial charge on any atom is 0.118 e. The Balaban J connectivity index is 2.14. The van der Waals surface area contributed by atoms with Crippen LogP contribution in [0.15, 0.2) is 53.0 Å². The van der Waals surface area contributed by atoms with E-state index in [0.717, 1.165) is 21.5 Å². The topological polar surface area (TPSA) is 21.3 Å². The zero-order chi connectivity index (χ0) is 13.0. The molecule has 0 heterocycles. The van der Waals surface area contributed by atoms with Crippen LogP contribution in [0.2, 0.25) is 0 Å². The van der Waals surface area contributed by atoms with Gasteiger partial charge in [-0.1, -0.05) is 24.4 Å². The summed E-state index contributed by atoms with van der Waals surface area (Å²) in [5.41, 5.74) is 1.92. The van der Waals surface area contributed by atoms with E-state index < -0.39 is 0 Å². The molecule has 2 nitrogen and oxygen atoms in total. The lowest BCUT2D eigenvalue weighted by atomic mass is 10.2. The van der Waals surface area contributed by atoms with Crippen LogP contribution in [0.1, 0.15) is 5.56 Å². The van der Waals surface area contributed by atoms with Crippen molar-refractivity contribution in [1.82, 2.24) is 0 Å². The minimum atomic E-state index is 0.685. The van der Waals surface area contributed by atoms with Crippen molar-refractivity contribution in [2.45, 2.75) is 0 Å². The lowest BCUT2D eigenvalue weighted by Crippen LogP contribution is -2.10. The molecule has 4 heteroatoms. The second-order valence-electron chi connectivity index (χ2n) is 3.66. The van der Waals surface area contributed by atoms with Crippen molar-refractivity contribution in [1.29, 1.82) is 0 Å². The Morgan fingerprint density at radius 2 is 1.78 bits per heavy atom. The standard InChI is InChI=1S/C14H12BrNOS/c1-17-11-8-6-10(7-9-11)14(18)16-13-5-3-2-4-12(13)15/h2-9H,1H3,(H,16,18). The van der Waals surface area contributed by atoms with Gasteiger partial charge in [-0.2, -0.15) is 0 Å². The molecule has 0 unspecified atom stereocenters. The van der Waals surface area contributed by atoms with E-state index >= 15 is 0 Å². The molecule has 0 aliphatic heterocycles. The van der Waals surface area contributed by atoms with Crippen LogP contribution in [0.4, 0.5) is 5.69 Å². The fourth-order valence-electron chi connectivity index (χ4n) is 1.50. The summed E-state index contributed by atoms with van der Waals surface area (Å²) in [7, 11) is 1.65. The number of anilines is 1. The molecule has 2 aromatic rings. The lowest BCUT2D eigenvalue weighted by molar-refractivity contribution is 0.415. The highest BCUT2D eigenvalue weighted by molar-refractivity contribution is 9.10. The van der Waals surface area contributed by atoms with Gasteiger partial charge in [-0.25, -0.2) is 0 Å². The molecule has 0 amide bonds. The van der Waals surface area contributed by atoms with Crippen LogP contribution >= 0.6 is 28.1 Å². The number of ether oxygens (including phenoxy) is 1. The SMILES string of the molecule is COc1ccc(C(=S)Nc2ccccc2Br)cc1. The van der Waals surface area contributed by atoms with Gasteiger partial charge in [0.05, 0.1) is 12.8 Å². The molecule has 18 heavy (non-hydrogen) atoms. The Morgan fingerprint density at radius 3 is 2.39 bits per heavy atom. The zero-order valence-electron chi connectivity index (χ0n) is 9.81. The second-order valence-corrected chi connectivity index (χ2v) is 4.93. The number of hydrogen-bond acceptors (Lipinski definition) is 2. The molecule has 0 spiro atoms. The van der Waals surface area contributed by atoms with Crippen molar-refractivity contribution in [3.8, 4) is 5.75 Å². The van der Waals surface area contributed by atoms with Gasteiger partial charge in [-0.3, -0.25) is 0 Å². The minimum Gasteiger partial charge on any atom is -0.497 e. The summed E-state index contributed by atoms with van der Waals surface area (Å²) in [5.74, 6) is 0.822. The first kappa shape index (κ1) is 13.1. The molecule has 92 valence electrons. The first-order valence-corrected chi connectivity index (χ1v) is 6.61. The smallest absolute Gasteiger partial charge is 0.118 e. The normalized spacial score (nSPS) is 9.89. The average molecular weight is 322 g/mol. The summed E-state index contributed by atoms with van der Waals surface area (Å²) in [4.78, 5) is 0.685. The first-order valence-electron chi connectivity index (χ1n) is 5.40. The van der Waals surface area contributed by atoms with E-state index in [4.69, 9.17) is 17.0 Å². The van der Waals surface area contributed by atoms with Crippen LogP contribution in [-0.2, 0) is 0 Å². The molecule has 0 aliphatic rings. The number of rotatable bonds is 3. The van der Waals surface area contributed by atoms with Gasteiger partial charge in [0.15, 0.2) is 0 Å². The van der Waals surface area contributed by atoms with Crippen molar-refractivity contribution in [3.63, 3.8) is 0 Å². The summed E-state index contributed by atoms with van der Waals surface area (Å²) >= 11 is 8.85. The Labute approximate surface area is 120 Å². The number of para-hydroxylation sites is 1. The summed E-state index contributed by atoms with van der Waals surface area (Å²) in [5, 5.41) is 3.21. The molecule has 2 aromatic carbocycles. The van der Waals surface area contributed by atoms with Crippen molar-refractivity contribution in [2.24, 2.45) is 0 Å². The average Bonchev–Trinajstić information content (AvgIpc) is 2.41. The van der Waals surface area contributed by atoms with Crippen LogP contribution in [0, 0.1) is 0 Å². The van der Waals surface area contributed by atoms with E-state index in [9.17, 15) is 0 Å². The summed E-state index contributed by atoms with van der Waals surface area (Å²) in [6, 6.07) is 15.5. The summed E-state index contributed by atoms with van der Waals surface area (Å²) in [6.07, 6.45) is 0. The molecule has 0 bridgehead atoms. The summed E-state index contributed by atoms with van der Waals surface area (Å²) < 4.78 is 6.10. The predicted octanol–water partition coefficient (Wildman–Crippen LogP) is 4.25. The highest BCUT2D eigenvalue weighted by Gasteiger charge is 2.04. The molecule has 0 saturated carbocycles. The fourth-order valence-corrected chi connectivity index (χ4v) is 2.13.